The number of nitrogens with zero attached hydrogens (tertiary/aromatic N) is 1. The van der Waals surface area contributed by atoms with Gasteiger partial charge in [0.1, 0.15) is 5.78 Å². The fourth-order valence-corrected chi connectivity index (χ4v) is 3.75. The average molecular weight is 267 g/mol. The van der Waals surface area contributed by atoms with Crippen LogP contribution in [0, 0.1) is 17.8 Å². The molecular weight excluding hydrogens is 238 g/mol. The second-order valence-corrected chi connectivity index (χ2v) is 6.69. The molecular formula is C16H29NO2. The Morgan fingerprint density at radius 2 is 2.16 bits per heavy atom. The molecule has 4 atom stereocenters. The molecule has 0 bridgehead atoms. The number of hydrogen-bond acceptors (Lipinski definition) is 3. The fourth-order valence-electron chi connectivity index (χ4n) is 3.75. The van der Waals surface area contributed by atoms with Crippen molar-refractivity contribution in [2.45, 2.75) is 58.5 Å². The Hall–Kier alpha value is -0.410. The quantitative estimate of drug-likeness (QED) is 0.850. The lowest BCUT2D eigenvalue weighted by molar-refractivity contribution is -0.126. The van der Waals surface area contributed by atoms with Crippen LogP contribution in [-0.2, 0) is 4.79 Å². The maximum atomic E-state index is 12.1. The number of carbonyl (C=O) groups is 1. The molecule has 1 N–H and O–H groups in total. The number of carbonyl (C=O) groups excluding carboxylic acids is 1. The van der Waals surface area contributed by atoms with Gasteiger partial charge in [-0.25, -0.2) is 0 Å². The van der Waals surface area contributed by atoms with E-state index in [0.29, 0.717) is 11.7 Å². The number of piperidine rings is 1. The van der Waals surface area contributed by atoms with E-state index in [4.69, 9.17) is 0 Å². The minimum absolute atomic E-state index is 0.147. The van der Waals surface area contributed by atoms with E-state index in [1.807, 2.05) is 0 Å². The molecule has 1 aliphatic carbocycles. The van der Waals surface area contributed by atoms with Crippen molar-refractivity contribution in [1.29, 1.82) is 0 Å². The van der Waals surface area contributed by atoms with Crippen molar-refractivity contribution in [2.24, 2.45) is 17.8 Å². The van der Waals surface area contributed by atoms with E-state index in [-0.39, 0.29) is 12.0 Å². The van der Waals surface area contributed by atoms with Crippen LogP contribution in [0.3, 0.4) is 0 Å². The smallest absolute Gasteiger partial charge is 0.137 e. The standard InChI is InChI=1S/C16H29NO2/c1-3-4-13-5-6-16(19)14(9-13)11-17-8-7-15(18)12(2)10-17/h12-15,18H,3-11H2,1-2H3. The van der Waals surface area contributed by atoms with E-state index in [1.54, 1.807) is 0 Å². The first-order valence-corrected chi connectivity index (χ1v) is 8.03. The lowest BCUT2D eigenvalue weighted by Crippen LogP contribution is -2.45. The number of aliphatic hydroxyl groups is 1. The molecule has 1 saturated carbocycles. The van der Waals surface area contributed by atoms with Gasteiger partial charge in [0.25, 0.3) is 0 Å². The minimum Gasteiger partial charge on any atom is -0.393 e. The van der Waals surface area contributed by atoms with E-state index in [0.717, 1.165) is 51.2 Å². The summed E-state index contributed by atoms with van der Waals surface area (Å²) in [4.78, 5) is 14.5. The molecule has 110 valence electrons. The Labute approximate surface area is 117 Å². The van der Waals surface area contributed by atoms with Crippen molar-refractivity contribution in [3.05, 3.63) is 0 Å². The summed E-state index contributed by atoms with van der Waals surface area (Å²) < 4.78 is 0. The highest BCUT2D eigenvalue weighted by Gasteiger charge is 2.32. The first-order valence-electron chi connectivity index (χ1n) is 8.03. The van der Waals surface area contributed by atoms with Gasteiger partial charge in [-0.05, 0) is 31.1 Å². The zero-order valence-corrected chi connectivity index (χ0v) is 12.5. The van der Waals surface area contributed by atoms with Crippen LogP contribution in [0.25, 0.3) is 0 Å². The maximum absolute atomic E-state index is 12.1. The van der Waals surface area contributed by atoms with Crippen LogP contribution in [0.4, 0.5) is 0 Å². The predicted octanol–water partition coefficient (Wildman–Crippen LogP) is 2.47. The number of Topliss-reactive ketones (excluding diaryl/α,β-unsaturated/α-hetero) is 1. The predicted molar refractivity (Wildman–Crippen MR) is 77.0 cm³/mol. The summed E-state index contributed by atoms with van der Waals surface area (Å²) in [5.74, 6) is 1.85. The maximum Gasteiger partial charge on any atom is 0.137 e. The summed E-state index contributed by atoms with van der Waals surface area (Å²) in [6, 6.07) is 0. The van der Waals surface area contributed by atoms with Crippen molar-refractivity contribution in [1.82, 2.24) is 4.90 Å². The van der Waals surface area contributed by atoms with Crippen molar-refractivity contribution < 1.29 is 9.90 Å². The Balaban J connectivity index is 1.84. The van der Waals surface area contributed by atoms with Gasteiger partial charge in [0.15, 0.2) is 0 Å². The lowest BCUT2D eigenvalue weighted by Gasteiger charge is -2.38. The molecule has 0 aromatic carbocycles. The fraction of sp³-hybridized carbons (Fsp3) is 0.938. The van der Waals surface area contributed by atoms with E-state index < -0.39 is 0 Å². The van der Waals surface area contributed by atoms with Crippen LogP contribution in [0.5, 0.6) is 0 Å². The summed E-state index contributed by atoms with van der Waals surface area (Å²) in [6.07, 6.45) is 6.23. The summed E-state index contributed by atoms with van der Waals surface area (Å²) in [7, 11) is 0. The monoisotopic (exact) mass is 267 g/mol. The number of hydrogen-bond donors (Lipinski definition) is 1. The molecule has 0 spiro atoms. The second-order valence-electron chi connectivity index (χ2n) is 6.69. The van der Waals surface area contributed by atoms with Crippen molar-refractivity contribution in [3.8, 4) is 0 Å². The minimum atomic E-state index is -0.147. The Bertz CT molecular complexity index is 305. The molecule has 2 fully saturated rings. The molecule has 0 aromatic rings. The van der Waals surface area contributed by atoms with Crippen molar-refractivity contribution in [2.75, 3.05) is 19.6 Å². The van der Waals surface area contributed by atoms with Gasteiger partial charge in [-0.1, -0.05) is 26.7 Å². The zero-order valence-electron chi connectivity index (χ0n) is 12.5. The van der Waals surface area contributed by atoms with Gasteiger partial charge in [-0.3, -0.25) is 4.79 Å². The van der Waals surface area contributed by atoms with Crippen LogP contribution in [-0.4, -0.2) is 41.5 Å². The van der Waals surface area contributed by atoms with Crippen LogP contribution in [0.1, 0.15) is 52.4 Å². The number of ketones is 1. The van der Waals surface area contributed by atoms with Gasteiger partial charge in [0.2, 0.25) is 0 Å². The molecule has 3 heteroatoms. The first kappa shape index (κ1) is 15.0. The third-order valence-corrected chi connectivity index (χ3v) is 4.99. The SMILES string of the molecule is CCCC1CCC(=O)C(CN2CCC(O)C(C)C2)C1. The second kappa shape index (κ2) is 6.85. The van der Waals surface area contributed by atoms with Crippen LogP contribution >= 0.6 is 0 Å². The lowest BCUT2D eigenvalue weighted by atomic mass is 9.78. The molecule has 2 aliphatic rings. The molecule has 1 aliphatic heterocycles. The van der Waals surface area contributed by atoms with Gasteiger partial charge in [-0.15, -0.1) is 0 Å². The Kier molecular flexibility index (Phi) is 5.40. The number of likely N-dealkylation sites (tertiary alicyclic amines) is 1. The number of rotatable bonds is 4. The van der Waals surface area contributed by atoms with E-state index in [2.05, 4.69) is 18.7 Å². The third-order valence-electron chi connectivity index (χ3n) is 4.99. The molecule has 3 nitrogen and oxygen atoms in total. The molecule has 2 rings (SSSR count). The molecule has 19 heavy (non-hydrogen) atoms. The Morgan fingerprint density at radius 3 is 2.84 bits per heavy atom. The van der Waals surface area contributed by atoms with E-state index >= 15 is 0 Å². The average Bonchev–Trinajstić information content (AvgIpc) is 2.38. The molecule has 1 saturated heterocycles. The first-order chi connectivity index (χ1) is 9.10. The van der Waals surface area contributed by atoms with E-state index in [1.165, 1.54) is 12.8 Å². The normalized spacial score (nSPS) is 37.5. The van der Waals surface area contributed by atoms with Crippen LogP contribution in [0.2, 0.25) is 0 Å². The largest absolute Gasteiger partial charge is 0.393 e. The highest BCUT2D eigenvalue weighted by molar-refractivity contribution is 5.81. The van der Waals surface area contributed by atoms with Gasteiger partial charge in [-0.2, -0.15) is 0 Å². The summed E-state index contributed by atoms with van der Waals surface area (Å²) in [6.45, 7) is 7.17. The van der Waals surface area contributed by atoms with Gasteiger partial charge >= 0.3 is 0 Å². The summed E-state index contributed by atoms with van der Waals surface area (Å²) in [5.41, 5.74) is 0. The summed E-state index contributed by atoms with van der Waals surface area (Å²) >= 11 is 0. The molecule has 1 heterocycles. The van der Waals surface area contributed by atoms with Crippen LogP contribution < -0.4 is 0 Å². The summed E-state index contributed by atoms with van der Waals surface area (Å²) in [5, 5.41) is 9.77. The molecule has 0 amide bonds. The van der Waals surface area contributed by atoms with Gasteiger partial charge in [0.05, 0.1) is 6.10 Å². The van der Waals surface area contributed by atoms with Crippen molar-refractivity contribution in [3.63, 3.8) is 0 Å². The highest BCUT2D eigenvalue weighted by atomic mass is 16.3. The number of aliphatic hydroxyl groups excluding tert-OH is 1. The zero-order chi connectivity index (χ0) is 13.8. The third kappa shape index (κ3) is 4.03. The van der Waals surface area contributed by atoms with Crippen molar-refractivity contribution >= 4 is 5.78 Å². The molecule has 0 aromatic heterocycles. The Morgan fingerprint density at radius 1 is 1.37 bits per heavy atom. The van der Waals surface area contributed by atoms with Crippen LogP contribution in [0.15, 0.2) is 0 Å². The van der Waals surface area contributed by atoms with E-state index in [9.17, 15) is 9.90 Å². The highest BCUT2D eigenvalue weighted by Crippen LogP contribution is 2.31. The van der Waals surface area contributed by atoms with Gasteiger partial charge < -0.3 is 10.0 Å². The topological polar surface area (TPSA) is 40.5 Å². The molecule has 0 radical (unpaired) electrons. The molecule has 4 unspecified atom stereocenters. The van der Waals surface area contributed by atoms with Gasteiger partial charge in [0, 0.05) is 32.0 Å².